The van der Waals surface area contributed by atoms with Gasteiger partial charge in [0.05, 0.1) is 0 Å². The molecule has 40 heavy (non-hydrogen) atoms. The Bertz CT molecular complexity index is 1230. The summed E-state index contributed by atoms with van der Waals surface area (Å²) in [6.07, 6.45) is 12.0. The Labute approximate surface area is 263 Å². The number of fused-ring (bicyclic) bond motifs is 2. The third kappa shape index (κ3) is 5.44. The quantitative estimate of drug-likeness (QED) is 0.421. The summed E-state index contributed by atoms with van der Waals surface area (Å²) in [5.74, 6) is 0. The van der Waals surface area contributed by atoms with Gasteiger partial charge in [0.15, 0.2) is 0 Å². The molecule has 2 aliphatic carbocycles. The summed E-state index contributed by atoms with van der Waals surface area (Å²) < 4.78 is 4.39. The van der Waals surface area contributed by atoms with Crippen LogP contribution in [0.15, 0.2) is 36.4 Å². The molecule has 1 fully saturated rings. The summed E-state index contributed by atoms with van der Waals surface area (Å²) in [7, 11) is 0. The Morgan fingerprint density at radius 1 is 0.500 bits per heavy atom. The van der Waals surface area contributed by atoms with Crippen molar-refractivity contribution in [3.8, 4) is 0 Å². The molecule has 1 aliphatic heterocycles. The topological polar surface area (TPSA) is 0 Å². The van der Waals surface area contributed by atoms with Crippen LogP contribution in [0.1, 0.15) is 141 Å². The Balaban J connectivity index is 0.00000220. The third-order valence-electron chi connectivity index (χ3n) is 9.86. The van der Waals surface area contributed by atoms with E-state index in [1.54, 1.807) is 33.4 Å². The van der Waals surface area contributed by atoms with Crippen molar-refractivity contribution < 1.29 is 45.1 Å². The summed E-state index contributed by atoms with van der Waals surface area (Å²) in [6, 6.07) is 9.92. The van der Waals surface area contributed by atoms with Crippen LogP contribution in [0.5, 0.6) is 0 Å². The van der Waals surface area contributed by atoms with Crippen molar-refractivity contribution in [1.29, 1.82) is 0 Å². The van der Waals surface area contributed by atoms with E-state index in [1.165, 1.54) is 25.8 Å². The van der Waals surface area contributed by atoms with Gasteiger partial charge in [-0.15, -0.1) is 0 Å². The van der Waals surface area contributed by atoms with Crippen LogP contribution in [0.4, 0.5) is 0 Å². The van der Waals surface area contributed by atoms with Gasteiger partial charge >= 0.3 is 240 Å². The van der Waals surface area contributed by atoms with E-state index in [-0.39, 0.29) is 46.5 Å². The van der Waals surface area contributed by atoms with Crippen LogP contribution in [0.2, 0.25) is 8.26 Å². The van der Waals surface area contributed by atoms with E-state index >= 15 is 0 Å². The average molecular weight is 659 g/mol. The second kappa shape index (κ2) is 10.8. The standard InChI is InChI=1S/2C17H23.C3H6.2ClH.Zr/c2*1-16(2,3)14-10-11-15(17(4,5)6)13-9-7-8-12(13)14;1-3-2;;;/h2*7-11H,1-6H3;1-3H2;2*1H;/q;;;;;+2/p-2. The molecule has 0 nitrogen and oxygen atoms in total. The zero-order valence-corrected chi connectivity index (χ0v) is 31.1. The van der Waals surface area contributed by atoms with Gasteiger partial charge in [0, 0.05) is 0 Å². The zero-order valence-electron chi connectivity index (χ0n) is 27.2. The molecule has 0 N–H and O–H groups in total. The van der Waals surface area contributed by atoms with Crippen LogP contribution in [0, 0.1) is 0 Å². The molecule has 2 atom stereocenters. The van der Waals surface area contributed by atoms with Crippen molar-refractivity contribution in [2.45, 2.75) is 127 Å². The van der Waals surface area contributed by atoms with Crippen LogP contribution >= 0.6 is 0 Å². The Hall–Kier alpha value is -0.617. The zero-order chi connectivity index (χ0) is 28.1. The second-order valence-electron chi connectivity index (χ2n) is 16.7. The molecule has 0 radical (unpaired) electrons. The molecule has 0 aromatic heterocycles. The largest absolute Gasteiger partial charge is 1.00 e. The maximum atomic E-state index is 2.71. The Kier molecular flexibility index (Phi) is 9.17. The predicted octanol–water partition coefficient (Wildman–Crippen LogP) is 5.11. The molecule has 3 heteroatoms. The van der Waals surface area contributed by atoms with Crippen LogP contribution in [-0.4, -0.2) is 0 Å². The molecule has 0 amide bonds. The van der Waals surface area contributed by atoms with Gasteiger partial charge in [-0.2, -0.15) is 0 Å². The van der Waals surface area contributed by atoms with Crippen LogP contribution < -0.4 is 24.8 Å². The van der Waals surface area contributed by atoms with Gasteiger partial charge in [-0.1, -0.05) is 0 Å². The molecular weight excluding hydrogens is 607 g/mol. The third-order valence-corrected chi connectivity index (χ3v) is 24.6. The van der Waals surface area contributed by atoms with Crippen molar-refractivity contribution >= 4 is 12.2 Å². The minimum Gasteiger partial charge on any atom is -1.00 e. The fourth-order valence-corrected chi connectivity index (χ4v) is 21.5. The normalized spacial score (nSPS) is 20.5. The van der Waals surface area contributed by atoms with Crippen molar-refractivity contribution in [3.63, 3.8) is 0 Å². The van der Waals surface area contributed by atoms with Gasteiger partial charge in [0.25, 0.3) is 0 Å². The van der Waals surface area contributed by atoms with Crippen LogP contribution in [0.25, 0.3) is 12.2 Å². The molecular formula is C37H52Cl2Zr. The number of hydrogen-bond donors (Lipinski definition) is 0. The summed E-state index contributed by atoms with van der Waals surface area (Å²) in [4.78, 5) is 0. The molecule has 2 unspecified atom stereocenters. The van der Waals surface area contributed by atoms with Gasteiger partial charge in [-0.25, -0.2) is 0 Å². The van der Waals surface area contributed by atoms with E-state index in [0.29, 0.717) is 7.25 Å². The van der Waals surface area contributed by atoms with E-state index in [9.17, 15) is 0 Å². The van der Waals surface area contributed by atoms with Crippen molar-refractivity contribution in [3.05, 3.63) is 80.9 Å². The summed E-state index contributed by atoms with van der Waals surface area (Å²) in [5, 5.41) is 0. The van der Waals surface area contributed by atoms with Gasteiger partial charge in [-0.3, -0.25) is 0 Å². The summed E-state index contributed by atoms with van der Waals surface area (Å²) in [6.45, 7) is 28.9. The van der Waals surface area contributed by atoms with Gasteiger partial charge in [-0.05, 0) is 0 Å². The van der Waals surface area contributed by atoms with E-state index in [0.717, 1.165) is 0 Å². The Morgan fingerprint density at radius 3 is 1.05 bits per heavy atom. The minimum absolute atomic E-state index is 0. The fourth-order valence-electron chi connectivity index (χ4n) is 7.85. The molecule has 1 heterocycles. The maximum Gasteiger partial charge on any atom is -1.00 e. The molecule has 2 aromatic carbocycles. The van der Waals surface area contributed by atoms with Crippen LogP contribution in [0.3, 0.4) is 0 Å². The van der Waals surface area contributed by atoms with Crippen molar-refractivity contribution in [2.24, 2.45) is 0 Å². The van der Waals surface area contributed by atoms with Gasteiger partial charge < -0.3 is 24.8 Å². The maximum absolute atomic E-state index is 2.75. The number of hydrogen-bond acceptors (Lipinski definition) is 0. The van der Waals surface area contributed by atoms with Gasteiger partial charge in [0.2, 0.25) is 0 Å². The fraction of sp³-hybridized carbons (Fsp3) is 0.568. The monoisotopic (exact) mass is 656 g/mol. The first kappa shape index (κ1) is 33.9. The van der Waals surface area contributed by atoms with Crippen molar-refractivity contribution in [2.75, 3.05) is 0 Å². The molecule has 1 saturated heterocycles. The van der Waals surface area contributed by atoms with E-state index in [4.69, 9.17) is 0 Å². The smallest absolute Gasteiger partial charge is 1.00 e. The molecule has 0 spiro atoms. The number of halogens is 2. The molecule has 5 rings (SSSR count). The van der Waals surface area contributed by atoms with E-state index in [2.05, 4.69) is 132 Å². The molecule has 0 saturated carbocycles. The molecule has 3 aliphatic rings. The Morgan fingerprint density at radius 2 is 0.800 bits per heavy atom. The summed E-state index contributed by atoms with van der Waals surface area (Å²) >= 11 is -2.75. The number of rotatable bonds is 2. The predicted molar refractivity (Wildman–Crippen MR) is 165 cm³/mol. The van der Waals surface area contributed by atoms with E-state index in [1.807, 2.05) is 0 Å². The number of allylic oxidation sites excluding steroid dienone is 2. The SMILES string of the molecule is CC(C)(C)c1ccc(C(C)(C)C)c2c1C=C[CH]2[Zr+2]1([CH]2C=Cc3c(C(C)(C)C)ccc(C(C)(C)C)c32)[CH2]C[CH2]1.[Cl-].[Cl-]. The summed E-state index contributed by atoms with van der Waals surface area (Å²) in [5.41, 5.74) is 13.5. The van der Waals surface area contributed by atoms with E-state index < -0.39 is 20.3 Å². The van der Waals surface area contributed by atoms with Crippen molar-refractivity contribution in [1.82, 2.24) is 0 Å². The first-order valence-corrected chi connectivity index (χ1v) is 21.4. The molecule has 0 bridgehead atoms. The van der Waals surface area contributed by atoms with Gasteiger partial charge in [0.1, 0.15) is 0 Å². The second-order valence-corrected chi connectivity index (χ2v) is 28.3. The van der Waals surface area contributed by atoms with Crippen LogP contribution in [-0.2, 0) is 41.9 Å². The first-order valence-electron chi connectivity index (χ1n) is 15.1. The average Bonchev–Trinajstić information content (AvgIpc) is 3.35. The molecule has 2 aromatic rings. The number of benzene rings is 2. The first-order chi connectivity index (χ1) is 17.4. The minimum atomic E-state index is -2.75. The molecule has 218 valence electrons.